The fraction of sp³-hybridized carbons (Fsp3) is 0.571. The molecule has 0 atom stereocenters. The zero-order chi connectivity index (χ0) is 14.7. The van der Waals surface area contributed by atoms with E-state index >= 15 is 0 Å². The molecule has 0 saturated heterocycles. The molecule has 0 radical (unpaired) electrons. The first-order chi connectivity index (χ1) is 8.63. The Balaban J connectivity index is 2.43. The van der Waals surface area contributed by atoms with Gasteiger partial charge in [0.05, 0.1) is 6.61 Å². The van der Waals surface area contributed by atoms with E-state index in [1.807, 2.05) is 0 Å². The van der Waals surface area contributed by atoms with E-state index in [0.717, 1.165) is 0 Å². The van der Waals surface area contributed by atoms with Crippen molar-refractivity contribution in [2.45, 2.75) is 38.9 Å². The van der Waals surface area contributed by atoms with Gasteiger partial charge in [0.1, 0.15) is 6.61 Å². The molecule has 0 aromatic heterocycles. The molecule has 0 spiro atoms. The van der Waals surface area contributed by atoms with E-state index in [9.17, 15) is 4.39 Å². The molecule has 5 heteroatoms. The van der Waals surface area contributed by atoms with Crippen molar-refractivity contribution in [1.82, 2.24) is 0 Å². The van der Waals surface area contributed by atoms with Crippen LogP contribution in [0.1, 0.15) is 20.8 Å². The minimum atomic E-state index is -1.75. The molecule has 0 unspecified atom stereocenters. The summed E-state index contributed by atoms with van der Waals surface area (Å²) in [5, 5.41) is 0.176. The smallest absolute Gasteiger partial charge is 0.192 e. The predicted molar refractivity (Wildman–Crippen MR) is 82.7 cm³/mol. The summed E-state index contributed by atoms with van der Waals surface area (Å²) < 4.78 is 25.6. The fourth-order valence-corrected chi connectivity index (χ4v) is 2.62. The van der Waals surface area contributed by atoms with Crippen molar-refractivity contribution >= 4 is 24.2 Å². The first kappa shape index (κ1) is 16.7. The second-order valence-electron chi connectivity index (χ2n) is 6.03. The maximum absolute atomic E-state index is 13.5. The maximum Gasteiger partial charge on any atom is 0.192 e. The lowest BCUT2D eigenvalue weighted by Crippen LogP contribution is -2.41. The Labute approximate surface area is 124 Å². The summed E-state index contributed by atoms with van der Waals surface area (Å²) in [5.74, 6) is -0.0938. The highest BCUT2D eigenvalue weighted by Gasteiger charge is 2.36. The summed E-state index contributed by atoms with van der Waals surface area (Å²) in [6, 6.07) is 4.77. The Hall–Kier alpha value is -0.393. The molecule has 19 heavy (non-hydrogen) atoms. The monoisotopic (exact) mass is 348 g/mol. The van der Waals surface area contributed by atoms with Crippen LogP contribution in [-0.2, 0) is 4.43 Å². The predicted octanol–water partition coefficient (Wildman–Crippen LogP) is 4.99. The van der Waals surface area contributed by atoms with Crippen LogP contribution in [-0.4, -0.2) is 21.5 Å². The van der Waals surface area contributed by atoms with Crippen LogP contribution in [0.15, 0.2) is 22.7 Å². The van der Waals surface area contributed by atoms with Crippen LogP contribution in [0.5, 0.6) is 5.75 Å². The Morgan fingerprint density at radius 1 is 1.21 bits per heavy atom. The number of rotatable bonds is 5. The van der Waals surface area contributed by atoms with Gasteiger partial charge >= 0.3 is 0 Å². The van der Waals surface area contributed by atoms with Crippen LogP contribution in [0.25, 0.3) is 0 Å². The van der Waals surface area contributed by atoms with Gasteiger partial charge < -0.3 is 9.16 Å². The van der Waals surface area contributed by atoms with Gasteiger partial charge in [-0.1, -0.05) is 36.7 Å². The van der Waals surface area contributed by atoms with Crippen LogP contribution in [0.2, 0.25) is 18.1 Å². The van der Waals surface area contributed by atoms with E-state index in [2.05, 4.69) is 49.8 Å². The average molecular weight is 349 g/mol. The molecule has 0 bridgehead atoms. The van der Waals surface area contributed by atoms with Crippen molar-refractivity contribution in [3.63, 3.8) is 0 Å². The zero-order valence-corrected chi connectivity index (χ0v) is 14.8. The first-order valence-corrected chi connectivity index (χ1v) is 10.1. The number of ether oxygens (including phenoxy) is 1. The molecule has 0 amide bonds. The molecule has 0 saturated carbocycles. The highest BCUT2D eigenvalue weighted by atomic mass is 79.9. The molecule has 0 aliphatic carbocycles. The summed E-state index contributed by atoms with van der Waals surface area (Å²) in [4.78, 5) is 0. The van der Waals surface area contributed by atoms with Gasteiger partial charge in [-0.15, -0.1) is 0 Å². The molecule has 0 aliphatic rings. The normalized spacial score (nSPS) is 12.6. The van der Waals surface area contributed by atoms with E-state index in [-0.39, 0.29) is 16.6 Å². The number of halogens is 2. The quantitative estimate of drug-likeness (QED) is 0.551. The highest BCUT2D eigenvalue weighted by Crippen LogP contribution is 2.36. The minimum Gasteiger partial charge on any atom is -0.488 e. The summed E-state index contributed by atoms with van der Waals surface area (Å²) in [6.45, 7) is 11.8. The summed E-state index contributed by atoms with van der Waals surface area (Å²) in [5.41, 5.74) is 0. The second-order valence-corrected chi connectivity index (χ2v) is 11.8. The third-order valence-electron chi connectivity index (χ3n) is 3.50. The van der Waals surface area contributed by atoms with Gasteiger partial charge in [0.15, 0.2) is 19.9 Å². The third kappa shape index (κ3) is 4.89. The molecule has 1 rings (SSSR count). The third-order valence-corrected chi connectivity index (χ3v) is 8.54. The van der Waals surface area contributed by atoms with Gasteiger partial charge in [-0.05, 0) is 36.3 Å². The van der Waals surface area contributed by atoms with E-state index in [1.54, 1.807) is 12.1 Å². The van der Waals surface area contributed by atoms with Crippen LogP contribution >= 0.6 is 15.9 Å². The molecule has 0 fully saturated rings. The van der Waals surface area contributed by atoms with Crippen molar-refractivity contribution in [1.29, 1.82) is 0 Å². The zero-order valence-electron chi connectivity index (χ0n) is 12.2. The van der Waals surface area contributed by atoms with Crippen LogP contribution in [0.3, 0.4) is 0 Å². The van der Waals surface area contributed by atoms with Crippen molar-refractivity contribution in [2.75, 3.05) is 13.2 Å². The molecular weight excluding hydrogens is 327 g/mol. The van der Waals surface area contributed by atoms with Gasteiger partial charge in [0, 0.05) is 4.47 Å². The highest BCUT2D eigenvalue weighted by molar-refractivity contribution is 9.10. The van der Waals surface area contributed by atoms with Crippen LogP contribution < -0.4 is 4.74 Å². The Kier molecular flexibility index (Phi) is 5.59. The molecular formula is C14H22BrFO2Si. The van der Waals surface area contributed by atoms with E-state index in [4.69, 9.17) is 9.16 Å². The Morgan fingerprint density at radius 2 is 1.84 bits per heavy atom. The van der Waals surface area contributed by atoms with Gasteiger partial charge in [0.25, 0.3) is 0 Å². The lowest BCUT2D eigenvalue weighted by molar-refractivity contribution is 0.198. The molecule has 0 N–H and O–H groups in total. The summed E-state index contributed by atoms with van der Waals surface area (Å²) >= 11 is 3.21. The lowest BCUT2D eigenvalue weighted by Gasteiger charge is -2.36. The van der Waals surface area contributed by atoms with Crippen molar-refractivity contribution in [2.24, 2.45) is 0 Å². The van der Waals surface area contributed by atoms with Gasteiger partial charge in [-0.2, -0.15) is 0 Å². The van der Waals surface area contributed by atoms with E-state index in [0.29, 0.717) is 17.7 Å². The molecule has 108 valence electrons. The number of benzene rings is 1. The van der Waals surface area contributed by atoms with Gasteiger partial charge in [0.2, 0.25) is 0 Å². The maximum atomic E-state index is 13.5. The second kappa shape index (κ2) is 6.37. The van der Waals surface area contributed by atoms with Gasteiger partial charge in [-0.3, -0.25) is 0 Å². The molecule has 0 aliphatic heterocycles. The van der Waals surface area contributed by atoms with Crippen LogP contribution in [0.4, 0.5) is 4.39 Å². The standard InChI is InChI=1S/C14H22BrFO2Si/c1-14(2,3)19(4,5)18-9-8-17-13-7-6-11(15)10-12(13)16/h6-7,10H,8-9H2,1-5H3. The number of hydrogen-bond acceptors (Lipinski definition) is 2. The molecule has 2 nitrogen and oxygen atoms in total. The molecule has 0 heterocycles. The topological polar surface area (TPSA) is 18.5 Å². The Bertz CT molecular complexity index is 430. The number of hydrogen-bond donors (Lipinski definition) is 0. The average Bonchev–Trinajstić information content (AvgIpc) is 2.25. The van der Waals surface area contributed by atoms with Crippen molar-refractivity contribution in [3.8, 4) is 5.75 Å². The van der Waals surface area contributed by atoms with E-state index in [1.165, 1.54) is 6.07 Å². The molecule has 1 aromatic carbocycles. The fourth-order valence-electron chi connectivity index (χ4n) is 1.26. The van der Waals surface area contributed by atoms with Gasteiger partial charge in [-0.25, -0.2) is 4.39 Å². The van der Waals surface area contributed by atoms with Crippen molar-refractivity contribution < 1.29 is 13.6 Å². The SMILES string of the molecule is CC(C)(C)[Si](C)(C)OCCOc1ccc(Br)cc1F. The van der Waals surface area contributed by atoms with Crippen LogP contribution in [0, 0.1) is 5.82 Å². The molecule has 1 aromatic rings. The first-order valence-electron chi connectivity index (χ1n) is 6.35. The largest absolute Gasteiger partial charge is 0.488 e. The Morgan fingerprint density at radius 3 is 2.37 bits per heavy atom. The van der Waals surface area contributed by atoms with Crippen molar-refractivity contribution in [3.05, 3.63) is 28.5 Å². The summed E-state index contributed by atoms with van der Waals surface area (Å²) in [7, 11) is -1.75. The lowest BCUT2D eigenvalue weighted by atomic mass is 10.2. The minimum absolute atomic E-state index is 0.176. The van der Waals surface area contributed by atoms with E-state index < -0.39 is 8.32 Å². The summed E-state index contributed by atoms with van der Waals surface area (Å²) in [6.07, 6.45) is 0.